The van der Waals surface area contributed by atoms with E-state index in [4.69, 9.17) is 4.98 Å². The van der Waals surface area contributed by atoms with Crippen LogP contribution in [0.3, 0.4) is 0 Å². The first kappa shape index (κ1) is 21.2. The molecule has 0 bridgehead atoms. The molecule has 3 aromatic rings. The van der Waals surface area contributed by atoms with E-state index in [1.165, 1.54) is 17.3 Å². The van der Waals surface area contributed by atoms with Gasteiger partial charge in [-0.05, 0) is 45.4 Å². The smallest absolute Gasteiger partial charge is 0.250 e. The van der Waals surface area contributed by atoms with E-state index in [1.54, 1.807) is 18.7 Å². The Balaban J connectivity index is 1.55. The summed E-state index contributed by atoms with van der Waals surface area (Å²) >= 11 is 1.38. The molecule has 2 N–H and O–H groups in total. The average molecular weight is 435 g/mol. The van der Waals surface area contributed by atoms with Crippen LogP contribution in [0.15, 0.2) is 59.8 Å². The van der Waals surface area contributed by atoms with Crippen molar-refractivity contribution in [1.82, 2.24) is 9.97 Å². The van der Waals surface area contributed by atoms with Crippen LogP contribution in [0.4, 0.5) is 11.4 Å². The highest BCUT2D eigenvalue weighted by atomic mass is 32.2. The summed E-state index contributed by atoms with van der Waals surface area (Å²) in [4.78, 5) is 35.8. The number of nitrogens with one attached hydrogen (secondary N) is 2. The van der Waals surface area contributed by atoms with Crippen LogP contribution in [0, 0.1) is 6.92 Å². The third-order valence-corrected chi connectivity index (χ3v) is 6.51. The molecule has 0 unspecified atom stereocenters. The van der Waals surface area contributed by atoms with Gasteiger partial charge in [-0.1, -0.05) is 54.2 Å². The summed E-state index contributed by atoms with van der Waals surface area (Å²) in [5.41, 5.74) is 3.53. The van der Waals surface area contributed by atoms with Gasteiger partial charge in [-0.25, -0.2) is 4.98 Å². The standard InChI is InChI=1S/C24H26N4O2S/c1-15-19(14-17-10-6-5-7-11-17)27-23(25-15)31-16(2)21(29)28-20-13-9-8-12-18(20)26-22(30)24(28,3)4/h5-13,16H,14H2,1-4H3,(H,25,27)(H,26,30)/t16-/m0/s1. The number of hydrogen-bond acceptors (Lipinski definition) is 4. The minimum absolute atomic E-state index is 0.129. The Bertz CT molecular complexity index is 1120. The van der Waals surface area contributed by atoms with Gasteiger partial charge in [0, 0.05) is 12.1 Å². The van der Waals surface area contributed by atoms with Crippen molar-refractivity contribution in [2.75, 3.05) is 10.2 Å². The molecule has 2 heterocycles. The Kier molecular flexibility index (Phi) is 5.62. The zero-order valence-corrected chi connectivity index (χ0v) is 18.9. The van der Waals surface area contributed by atoms with Crippen molar-refractivity contribution >= 4 is 35.0 Å². The lowest BCUT2D eigenvalue weighted by atomic mass is 9.96. The van der Waals surface area contributed by atoms with Crippen LogP contribution in [0.25, 0.3) is 0 Å². The van der Waals surface area contributed by atoms with Gasteiger partial charge in [-0.15, -0.1) is 0 Å². The number of rotatable bonds is 5. The van der Waals surface area contributed by atoms with Crippen molar-refractivity contribution in [2.45, 2.75) is 50.1 Å². The fourth-order valence-corrected chi connectivity index (χ4v) is 4.65. The van der Waals surface area contributed by atoms with Gasteiger partial charge in [0.05, 0.1) is 22.3 Å². The van der Waals surface area contributed by atoms with E-state index in [-0.39, 0.29) is 11.8 Å². The molecule has 1 aliphatic rings. The lowest BCUT2D eigenvalue weighted by Gasteiger charge is -2.42. The minimum atomic E-state index is -0.988. The molecule has 0 saturated carbocycles. The second-order valence-electron chi connectivity index (χ2n) is 8.24. The number of carbonyl (C=O) groups is 2. The number of aromatic nitrogens is 2. The van der Waals surface area contributed by atoms with Crippen LogP contribution in [-0.2, 0) is 16.0 Å². The first-order valence-electron chi connectivity index (χ1n) is 10.3. The monoisotopic (exact) mass is 434 g/mol. The van der Waals surface area contributed by atoms with E-state index in [2.05, 4.69) is 22.4 Å². The Hall–Kier alpha value is -3.06. The number of carbonyl (C=O) groups excluding carboxylic acids is 2. The highest BCUT2D eigenvalue weighted by Crippen LogP contribution is 2.38. The van der Waals surface area contributed by atoms with Crippen LogP contribution >= 0.6 is 11.8 Å². The van der Waals surface area contributed by atoms with Crippen molar-refractivity contribution in [1.29, 1.82) is 0 Å². The first-order chi connectivity index (χ1) is 14.8. The lowest BCUT2D eigenvalue weighted by molar-refractivity contribution is -0.126. The van der Waals surface area contributed by atoms with E-state index in [0.29, 0.717) is 16.5 Å². The molecular weight excluding hydrogens is 408 g/mol. The predicted molar refractivity (Wildman–Crippen MR) is 125 cm³/mol. The number of nitrogens with zero attached hydrogens (tertiary/aromatic N) is 2. The third-order valence-electron chi connectivity index (χ3n) is 5.54. The molecule has 1 aromatic heterocycles. The summed E-state index contributed by atoms with van der Waals surface area (Å²) in [6.07, 6.45) is 0.735. The molecule has 4 rings (SSSR count). The Morgan fingerprint density at radius 3 is 2.55 bits per heavy atom. The van der Waals surface area contributed by atoms with Gasteiger partial charge >= 0.3 is 0 Å². The molecular formula is C24H26N4O2S. The van der Waals surface area contributed by atoms with Crippen LogP contribution in [-0.4, -0.2) is 32.6 Å². The van der Waals surface area contributed by atoms with Crippen molar-refractivity contribution in [3.8, 4) is 0 Å². The molecule has 31 heavy (non-hydrogen) atoms. The third kappa shape index (κ3) is 4.10. The van der Waals surface area contributed by atoms with Crippen molar-refractivity contribution < 1.29 is 9.59 Å². The SMILES string of the molecule is Cc1[nH]c(S[C@@H](C)C(=O)N2c3ccccc3NC(=O)C2(C)C)nc1Cc1ccccc1. The van der Waals surface area contributed by atoms with Crippen molar-refractivity contribution in [2.24, 2.45) is 0 Å². The topological polar surface area (TPSA) is 78.1 Å². The van der Waals surface area contributed by atoms with Gasteiger partial charge in [0.1, 0.15) is 5.54 Å². The van der Waals surface area contributed by atoms with Gasteiger partial charge in [0.2, 0.25) is 11.8 Å². The Labute approximate surface area is 186 Å². The average Bonchev–Trinajstić information content (AvgIpc) is 3.07. The largest absolute Gasteiger partial charge is 0.337 e. The molecule has 1 atom stereocenters. The number of imidazole rings is 1. The summed E-state index contributed by atoms with van der Waals surface area (Å²) in [5.74, 6) is -0.327. The van der Waals surface area contributed by atoms with Crippen molar-refractivity contribution in [3.63, 3.8) is 0 Å². The summed E-state index contributed by atoms with van der Waals surface area (Å²) in [5, 5.41) is 3.18. The molecule has 7 heteroatoms. The molecule has 0 spiro atoms. The lowest BCUT2D eigenvalue weighted by Crippen LogP contribution is -2.60. The van der Waals surface area contributed by atoms with Gasteiger partial charge in [0.25, 0.3) is 0 Å². The molecule has 0 fully saturated rings. The van der Waals surface area contributed by atoms with Crippen LogP contribution in [0.5, 0.6) is 0 Å². The minimum Gasteiger partial charge on any atom is -0.337 e. The molecule has 0 saturated heterocycles. The molecule has 2 aromatic carbocycles. The number of para-hydroxylation sites is 2. The number of aryl methyl sites for hydroxylation is 1. The van der Waals surface area contributed by atoms with Gasteiger partial charge in [-0.2, -0.15) is 0 Å². The quantitative estimate of drug-likeness (QED) is 0.578. The zero-order chi connectivity index (χ0) is 22.2. The second kappa shape index (κ2) is 8.23. The molecule has 2 amide bonds. The van der Waals surface area contributed by atoms with Gasteiger partial charge < -0.3 is 10.3 Å². The number of thioether (sulfide) groups is 1. The summed E-state index contributed by atoms with van der Waals surface area (Å²) in [6.45, 7) is 7.38. The molecule has 160 valence electrons. The Morgan fingerprint density at radius 1 is 1.13 bits per heavy atom. The molecule has 1 aliphatic heterocycles. The first-order valence-corrected chi connectivity index (χ1v) is 11.2. The van der Waals surface area contributed by atoms with Crippen LogP contribution < -0.4 is 10.2 Å². The highest BCUT2D eigenvalue weighted by Gasteiger charge is 2.44. The Morgan fingerprint density at radius 2 is 1.81 bits per heavy atom. The highest BCUT2D eigenvalue weighted by molar-refractivity contribution is 8.00. The van der Waals surface area contributed by atoms with E-state index < -0.39 is 10.8 Å². The predicted octanol–water partition coefficient (Wildman–Crippen LogP) is 4.55. The number of hydrogen-bond donors (Lipinski definition) is 2. The number of benzene rings is 2. The van der Waals surface area contributed by atoms with Crippen molar-refractivity contribution in [3.05, 3.63) is 71.5 Å². The molecule has 6 nitrogen and oxygen atoms in total. The van der Waals surface area contributed by atoms with E-state index in [9.17, 15) is 9.59 Å². The van der Waals surface area contributed by atoms with E-state index >= 15 is 0 Å². The maximum Gasteiger partial charge on any atom is 0.250 e. The van der Waals surface area contributed by atoms with Crippen LogP contribution in [0.1, 0.15) is 37.7 Å². The molecule has 0 radical (unpaired) electrons. The number of H-pyrrole nitrogens is 1. The van der Waals surface area contributed by atoms with Crippen LogP contribution in [0.2, 0.25) is 0 Å². The summed E-state index contributed by atoms with van der Waals surface area (Å²) in [6, 6.07) is 17.6. The van der Waals surface area contributed by atoms with Gasteiger partial charge in [-0.3, -0.25) is 14.5 Å². The normalized spacial score (nSPS) is 15.9. The number of fused-ring (bicyclic) bond motifs is 1. The fourth-order valence-electron chi connectivity index (χ4n) is 3.73. The second-order valence-corrected chi connectivity index (χ2v) is 9.57. The molecule has 0 aliphatic carbocycles. The van der Waals surface area contributed by atoms with E-state index in [1.807, 2.05) is 56.3 Å². The number of amides is 2. The summed E-state index contributed by atoms with van der Waals surface area (Å²) in [7, 11) is 0. The maximum absolute atomic E-state index is 13.5. The number of aromatic amines is 1. The fraction of sp³-hybridized carbons (Fsp3) is 0.292. The summed E-state index contributed by atoms with van der Waals surface area (Å²) < 4.78 is 0. The van der Waals surface area contributed by atoms with Gasteiger partial charge in [0.15, 0.2) is 5.16 Å². The number of anilines is 2. The van der Waals surface area contributed by atoms with E-state index in [0.717, 1.165) is 17.8 Å². The maximum atomic E-state index is 13.5. The zero-order valence-electron chi connectivity index (χ0n) is 18.1.